The van der Waals surface area contributed by atoms with Crippen LogP contribution in [0.15, 0.2) is 48.6 Å². The lowest BCUT2D eigenvalue weighted by atomic mass is 10.1. The fraction of sp³-hybridized carbons (Fsp3) is 0.586. The van der Waals surface area contributed by atoms with Crippen LogP contribution in [0.3, 0.4) is 0 Å². The van der Waals surface area contributed by atoms with Gasteiger partial charge in [-0.15, -0.1) is 0 Å². The van der Waals surface area contributed by atoms with Gasteiger partial charge in [-0.05, 0) is 47.5 Å². The van der Waals surface area contributed by atoms with Gasteiger partial charge in [0.1, 0.15) is 6.10 Å². The fourth-order valence-electron chi connectivity index (χ4n) is 2.45. The van der Waals surface area contributed by atoms with Crippen molar-refractivity contribution in [1.82, 2.24) is 0 Å². The van der Waals surface area contributed by atoms with Gasteiger partial charge in [0.25, 0.3) is 0 Å². The first-order valence-corrected chi connectivity index (χ1v) is 12.6. The second kappa shape index (κ2) is 22.1. The smallest absolute Gasteiger partial charge is 0.333 e. The molecule has 0 rings (SSSR count). The third-order valence-corrected chi connectivity index (χ3v) is 4.71. The highest BCUT2D eigenvalue weighted by Gasteiger charge is 2.11. The lowest BCUT2D eigenvalue weighted by molar-refractivity contribution is -0.145. The van der Waals surface area contributed by atoms with Crippen LogP contribution in [0, 0.1) is 0 Å². The highest BCUT2D eigenvalue weighted by molar-refractivity contribution is 5.88. The molecule has 0 fully saturated rings. The zero-order chi connectivity index (χ0) is 28.8. The van der Waals surface area contributed by atoms with Crippen LogP contribution in [0.2, 0.25) is 0 Å². The maximum atomic E-state index is 11.1. The summed E-state index contributed by atoms with van der Waals surface area (Å²) in [6, 6.07) is 0. The van der Waals surface area contributed by atoms with Crippen LogP contribution in [0.25, 0.3) is 0 Å². The molecule has 37 heavy (non-hydrogen) atoms. The molecule has 0 aromatic rings. The van der Waals surface area contributed by atoms with Crippen molar-refractivity contribution in [2.75, 3.05) is 19.8 Å². The Kier molecular flexibility index (Phi) is 21.5. The number of rotatable bonds is 18. The average Bonchev–Trinajstić information content (AvgIpc) is 2.82. The molecule has 8 nitrogen and oxygen atoms in total. The molecule has 1 unspecified atom stereocenters. The van der Waals surface area contributed by atoms with Gasteiger partial charge in [-0.3, -0.25) is 0 Å². The maximum Gasteiger partial charge on any atom is 0.333 e. The van der Waals surface area contributed by atoms with Crippen LogP contribution >= 0.6 is 0 Å². The average molecular weight is 523 g/mol. The van der Waals surface area contributed by atoms with Gasteiger partial charge in [-0.2, -0.15) is 0 Å². The van der Waals surface area contributed by atoms with E-state index in [0.717, 1.165) is 44.9 Å². The zero-order valence-electron chi connectivity index (χ0n) is 23.4. The topological polar surface area (TPSA) is 105 Å². The second-order valence-electron chi connectivity index (χ2n) is 9.01. The van der Waals surface area contributed by atoms with E-state index < -0.39 is 11.9 Å². The summed E-state index contributed by atoms with van der Waals surface area (Å²) in [6.45, 7) is 23.3. The molecule has 0 amide bonds. The number of unbranched alkanes of at least 4 members (excludes halogenated alkanes) is 6. The van der Waals surface area contributed by atoms with Crippen molar-refractivity contribution >= 4 is 23.9 Å². The standard InChI is InChI=1S/C17H28O4.C12H18O4/c1-14(2)16(18)20-12-10-8-6-5-7-9-11-13-21-17(19)15(3)4;1-8(2)11(13)15-7-6-10(5)16-12(14)9(3)4/h1,3,5-13H2,2,4H3;10H,1,3,6-7H2,2,4-5H3. The monoisotopic (exact) mass is 522 g/mol. The van der Waals surface area contributed by atoms with Gasteiger partial charge in [-0.1, -0.05) is 58.4 Å². The SMILES string of the molecule is C=C(C)C(=O)OCCC(C)OC(=O)C(=C)C.C=C(C)C(=O)OCCCCCCCCCOC(=O)C(=C)C. The normalized spacial score (nSPS) is 10.6. The van der Waals surface area contributed by atoms with Gasteiger partial charge in [0.05, 0.1) is 19.8 Å². The van der Waals surface area contributed by atoms with Gasteiger partial charge in [0, 0.05) is 28.7 Å². The van der Waals surface area contributed by atoms with Crippen molar-refractivity contribution in [3.8, 4) is 0 Å². The molecule has 0 saturated heterocycles. The van der Waals surface area contributed by atoms with Gasteiger partial charge < -0.3 is 18.9 Å². The quantitative estimate of drug-likeness (QED) is 0.0940. The van der Waals surface area contributed by atoms with E-state index in [-0.39, 0.29) is 24.6 Å². The Morgan fingerprint density at radius 3 is 1.14 bits per heavy atom. The van der Waals surface area contributed by atoms with E-state index in [9.17, 15) is 19.2 Å². The van der Waals surface area contributed by atoms with Crippen LogP contribution in [-0.2, 0) is 38.1 Å². The van der Waals surface area contributed by atoms with Gasteiger partial charge in [0.2, 0.25) is 0 Å². The predicted octanol–water partition coefficient (Wildman–Crippen LogP) is 5.96. The molecule has 0 aromatic heterocycles. The van der Waals surface area contributed by atoms with Crippen molar-refractivity contribution in [2.24, 2.45) is 0 Å². The minimum Gasteiger partial charge on any atom is -0.462 e. The van der Waals surface area contributed by atoms with Crippen molar-refractivity contribution in [2.45, 2.75) is 92.1 Å². The number of esters is 4. The first-order valence-electron chi connectivity index (χ1n) is 12.6. The lowest BCUT2D eigenvalue weighted by Crippen LogP contribution is -2.18. The predicted molar refractivity (Wildman–Crippen MR) is 145 cm³/mol. The Balaban J connectivity index is 0. The summed E-state index contributed by atoms with van der Waals surface area (Å²) in [5, 5.41) is 0. The molecule has 0 aliphatic heterocycles. The maximum absolute atomic E-state index is 11.1. The minimum atomic E-state index is -0.432. The minimum absolute atomic E-state index is 0.205. The van der Waals surface area contributed by atoms with Crippen molar-refractivity contribution in [3.63, 3.8) is 0 Å². The van der Waals surface area contributed by atoms with Gasteiger partial charge >= 0.3 is 23.9 Å². The molecule has 0 radical (unpaired) electrons. The van der Waals surface area contributed by atoms with E-state index in [2.05, 4.69) is 26.3 Å². The van der Waals surface area contributed by atoms with E-state index in [0.29, 0.717) is 41.9 Å². The Hall–Kier alpha value is -3.16. The summed E-state index contributed by atoms with van der Waals surface area (Å²) < 4.78 is 19.9. The van der Waals surface area contributed by atoms with Crippen LogP contribution in [0.1, 0.15) is 86.0 Å². The number of carbonyl (C=O) groups is 4. The Bertz CT molecular complexity index is 760. The summed E-state index contributed by atoms with van der Waals surface area (Å²) in [6.07, 6.45) is 7.50. The van der Waals surface area contributed by atoms with Gasteiger partial charge in [-0.25, -0.2) is 19.2 Å². The largest absolute Gasteiger partial charge is 0.462 e. The third kappa shape index (κ3) is 23.0. The summed E-state index contributed by atoms with van der Waals surface area (Å²) in [4.78, 5) is 44.3. The highest BCUT2D eigenvalue weighted by atomic mass is 16.6. The zero-order valence-corrected chi connectivity index (χ0v) is 23.4. The Morgan fingerprint density at radius 1 is 0.514 bits per heavy atom. The van der Waals surface area contributed by atoms with E-state index in [1.807, 2.05) is 0 Å². The van der Waals surface area contributed by atoms with E-state index in [1.54, 1.807) is 34.6 Å². The summed E-state index contributed by atoms with van der Waals surface area (Å²) in [5.74, 6) is -1.48. The molecule has 0 heterocycles. The van der Waals surface area contributed by atoms with Crippen LogP contribution < -0.4 is 0 Å². The molecule has 0 spiro atoms. The molecular formula is C29H46O8. The van der Waals surface area contributed by atoms with Crippen molar-refractivity contribution < 1.29 is 38.1 Å². The molecule has 8 heteroatoms. The fourth-order valence-corrected chi connectivity index (χ4v) is 2.45. The molecule has 0 aliphatic carbocycles. The number of hydrogen-bond donors (Lipinski definition) is 0. The molecule has 0 aromatic carbocycles. The number of carbonyl (C=O) groups excluding carboxylic acids is 4. The van der Waals surface area contributed by atoms with E-state index in [4.69, 9.17) is 18.9 Å². The summed E-state index contributed by atoms with van der Waals surface area (Å²) in [5.41, 5.74) is 1.60. The van der Waals surface area contributed by atoms with Crippen LogP contribution in [0.5, 0.6) is 0 Å². The molecule has 1 atom stereocenters. The third-order valence-electron chi connectivity index (χ3n) is 4.71. The molecule has 0 bridgehead atoms. The molecule has 0 N–H and O–H groups in total. The van der Waals surface area contributed by atoms with Crippen LogP contribution in [-0.4, -0.2) is 49.8 Å². The molecule has 210 valence electrons. The molecular weight excluding hydrogens is 476 g/mol. The van der Waals surface area contributed by atoms with Crippen LogP contribution in [0.4, 0.5) is 0 Å². The second-order valence-corrected chi connectivity index (χ2v) is 9.01. The Labute approximate surface area is 222 Å². The van der Waals surface area contributed by atoms with Gasteiger partial charge in [0.15, 0.2) is 0 Å². The Morgan fingerprint density at radius 2 is 0.811 bits per heavy atom. The first kappa shape index (κ1) is 36.0. The van der Waals surface area contributed by atoms with Crippen molar-refractivity contribution in [3.05, 3.63) is 48.6 Å². The highest BCUT2D eigenvalue weighted by Crippen LogP contribution is 2.08. The first-order chi connectivity index (χ1) is 17.3. The molecule has 0 aliphatic rings. The van der Waals surface area contributed by atoms with E-state index >= 15 is 0 Å². The number of ether oxygens (including phenoxy) is 4. The summed E-state index contributed by atoms with van der Waals surface area (Å²) >= 11 is 0. The number of hydrogen-bond acceptors (Lipinski definition) is 8. The van der Waals surface area contributed by atoms with E-state index in [1.165, 1.54) is 0 Å². The molecule has 0 saturated carbocycles. The lowest BCUT2D eigenvalue weighted by Gasteiger charge is -2.13. The van der Waals surface area contributed by atoms with Crippen molar-refractivity contribution in [1.29, 1.82) is 0 Å². The summed E-state index contributed by atoms with van der Waals surface area (Å²) in [7, 11) is 0.